The van der Waals surface area contributed by atoms with Crippen LogP contribution in [-0.2, 0) is 24.1 Å². The number of aryl methyl sites for hydroxylation is 2. The van der Waals surface area contributed by atoms with Crippen LogP contribution in [0.3, 0.4) is 0 Å². The second kappa shape index (κ2) is 10.7. The third-order valence-electron chi connectivity index (χ3n) is 6.03. The summed E-state index contributed by atoms with van der Waals surface area (Å²) in [5.74, 6) is -0.567. The number of aromatic nitrogens is 2. The Morgan fingerprint density at radius 3 is 2.74 bits per heavy atom. The molecule has 34 heavy (non-hydrogen) atoms. The van der Waals surface area contributed by atoms with Crippen LogP contribution in [0.4, 0.5) is 15.1 Å². The quantitative estimate of drug-likeness (QED) is 0.246. The maximum Gasteiger partial charge on any atom is 0.341 e. The van der Waals surface area contributed by atoms with E-state index in [9.17, 15) is 9.18 Å². The number of hydrogen-bond donors (Lipinski definition) is 2. The number of benzene rings is 1. The van der Waals surface area contributed by atoms with E-state index in [0.717, 1.165) is 53.3 Å². The van der Waals surface area contributed by atoms with Crippen molar-refractivity contribution in [3.05, 3.63) is 63.0 Å². The third kappa shape index (κ3) is 5.15. The molecule has 1 aliphatic rings. The van der Waals surface area contributed by atoms with Gasteiger partial charge in [0.2, 0.25) is 0 Å². The number of carbonyl (C=O) groups excluding carboxylic acids is 1. The second-order valence-corrected chi connectivity index (χ2v) is 9.88. The van der Waals surface area contributed by atoms with Crippen LogP contribution >= 0.6 is 23.6 Å². The number of halogens is 1. The first kappa shape index (κ1) is 24.3. The molecule has 0 aliphatic heterocycles. The molecule has 0 spiro atoms. The highest BCUT2D eigenvalue weighted by Gasteiger charge is 2.26. The number of nitrogens with one attached hydrogen (secondary N) is 2. The maximum absolute atomic E-state index is 14.1. The summed E-state index contributed by atoms with van der Waals surface area (Å²) in [6, 6.07) is 6.68. The van der Waals surface area contributed by atoms with E-state index in [-0.39, 0.29) is 11.8 Å². The molecular formula is C25H29FN4O2S2. The zero-order valence-corrected chi connectivity index (χ0v) is 21.3. The van der Waals surface area contributed by atoms with Crippen molar-refractivity contribution in [1.29, 1.82) is 0 Å². The summed E-state index contributed by atoms with van der Waals surface area (Å²) in [5, 5.41) is 12.1. The Kier molecular flexibility index (Phi) is 7.63. The van der Waals surface area contributed by atoms with Crippen LogP contribution in [0.1, 0.15) is 63.9 Å². The van der Waals surface area contributed by atoms with Gasteiger partial charge in [0, 0.05) is 10.4 Å². The van der Waals surface area contributed by atoms with Gasteiger partial charge in [0.25, 0.3) is 0 Å². The van der Waals surface area contributed by atoms with Gasteiger partial charge >= 0.3 is 5.97 Å². The average molecular weight is 501 g/mol. The van der Waals surface area contributed by atoms with Gasteiger partial charge in [0.1, 0.15) is 10.8 Å². The first-order chi connectivity index (χ1) is 16.4. The maximum atomic E-state index is 14.1. The molecule has 2 aromatic heterocycles. The van der Waals surface area contributed by atoms with Crippen molar-refractivity contribution in [1.82, 2.24) is 9.78 Å². The zero-order valence-electron chi connectivity index (χ0n) is 19.7. The standard InChI is InChI=1S/C25H29FN4O2S2/c1-4-32-24(31)21-18-11-6-5-7-13-20(18)34-23(21)28-25(33)27-22-15(2)29-30(16(22)3)14-17-10-8-9-12-19(17)26/h8-10,12H,4-7,11,13-14H2,1-3H3,(H2,27,28,33). The predicted octanol–water partition coefficient (Wildman–Crippen LogP) is 6.00. The number of carbonyl (C=O) groups is 1. The van der Waals surface area contributed by atoms with E-state index in [0.29, 0.717) is 29.4 Å². The molecule has 0 amide bonds. The van der Waals surface area contributed by atoms with Crippen molar-refractivity contribution >= 4 is 45.3 Å². The summed E-state index contributed by atoms with van der Waals surface area (Å²) in [6.45, 7) is 6.26. The lowest BCUT2D eigenvalue weighted by Gasteiger charge is -2.12. The molecule has 6 nitrogen and oxygen atoms in total. The minimum absolute atomic E-state index is 0.259. The van der Waals surface area contributed by atoms with Crippen LogP contribution in [0.15, 0.2) is 24.3 Å². The highest BCUT2D eigenvalue weighted by atomic mass is 32.1. The van der Waals surface area contributed by atoms with Gasteiger partial charge in [-0.2, -0.15) is 5.10 Å². The summed E-state index contributed by atoms with van der Waals surface area (Å²) in [6.07, 6.45) is 5.20. The molecule has 1 aromatic carbocycles. The number of nitrogens with zero attached hydrogens (tertiary/aromatic N) is 2. The normalized spacial score (nSPS) is 13.2. The van der Waals surface area contributed by atoms with Crippen molar-refractivity contribution in [3.8, 4) is 0 Å². The molecule has 0 radical (unpaired) electrons. The molecule has 1 aliphatic carbocycles. The number of rotatable bonds is 6. The van der Waals surface area contributed by atoms with Gasteiger partial charge in [-0.05, 0) is 70.3 Å². The van der Waals surface area contributed by atoms with Gasteiger partial charge in [0.15, 0.2) is 5.11 Å². The fraction of sp³-hybridized carbons (Fsp3) is 0.400. The van der Waals surface area contributed by atoms with Gasteiger partial charge in [-0.25, -0.2) is 9.18 Å². The lowest BCUT2D eigenvalue weighted by atomic mass is 10.1. The fourth-order valence-electron chi connectivity index (χ4n) is 4.32. The first-order valence-electron chi connectivity index (χ1n) is 11.6. The van der Waals surface area contributed by atoms with Crippen LogP contribution in [-0.4, -0.2) is 27.5 Å². The molecule has 2 heterocycles. The van der Waals surface area contributed by atoms with E-state index < -0.39 is 0 Å². The Labute approximate surface area is 208 Å². The molecule has 180 valence electrons. The van der Waals surface area contributed by atoms with E-state index in [1.54, 1.807) is 28.2 Å². The molecule has 0 unspecified atom stereocenters. The van der Waals surface area contributed by atoms with Crippen molar-refractivity contribution in [2.24, 2.45) is 0 Å². The molecule has 0 atom stereocenters. The summed E-state index contributed by atoms with van der Waals surface area (Å²) >= 11 is 7.19. The van der Waals surface area contributed by atoms with Gasteiger partial charge in [-0.1, -0.05) is 24.6 Å². The third-order valence-corrected chi connectivity index (χ3v) is 7.44. The molecule has 4 rings (SSSR count). The van der Waals surface area contributed by atoms with E-state index in [2.05, 4.69) is 15.7 Å². The SMILES string of the molecule is CCOC(=O)c1c(NC(=S)Nc2c(C)nn(Cc3ccccc3F)c2C)sc2c1CCCCC2. The predicted molar refractivity (Wildman–Crippen MR) is 139 cm³/mol. The van der Waals surface area contributed by atoms with Gasteiger partial charge in [-0.3, -0.25) is 4.68 Å². The van der Waals surface area contributed by atoms with Gasteiger partial charge < -0.3 is 15.4 Å². The van der Waals surface area contributed by atoms with E-state index >= 15 is 0 Å². The number of thiophene rings is 1. The Balaban J connectivity index is 1.55. The van der Waals surface area contributed by atoms with Gasteiger partial charge in [-0.15, -0.1) is 11.3 Å². The monoisotopic (exact) mass is 500 g/mol. The van der Waals surface area contributed by atoms with E-state index in [1.165, 1.54) is 17.4 Å². The molecule has 3 aromatic rings. The Hall–Kier alpha value is -2.78. The molecule has 0 fully saturated rings. The van der Waals surface area contributed by atoms with Crippen molar-refractivity contribution in [2.45, 2.75) is 59.4 Å². The van der Waals surface area contributed by atoms with Crippen LogP contribution in [0.5, 0.6) is 0 Å². The van der Waals surface area contributed by atoms with Crippen LogP contribution in [0, 0.1) is 19.7 Å². The van der Waals surface area contributed by atoms with Crippen molar-refractivity contribution in [3.63, 3.8) is 0 Å². The Morgan fingerprint density at radius 2 is 1.97 bits per heavy atom. The zero-order chi connectivity index (χ0) is 24.2. The Bertz CT molecular complexity index is 1220. The summed E-state index contributed by atoms with van der Waals surface area (Å²) in [7, 11) is 0. The van der Waals surface area contributed by atoms with Crippen molar-refractivity contribution in [2.75, 3.05) is 17.2 Å². The number of esters is 1. The smallest absolute Gasteiger partial charge is 0.341 e. The largest absolute Gasteiger partial charge is 0.462 e. The first-order valence-corrected chi connectivity index (χ1v) is 12.8. The molecular weight excluding hydrogens is 471 g/mol. The second-order valence-electron chi connectivity index (χ2n) is 8.36. The van der Waals surface area contributed by atoms with Crippen LogP contribution in [0.2, 0.25) is 0 Å². The number of thiocarbonyl (C=S) groups is 1. The summed E-state index contributed by atoms with van der Waals surface area (Å²) in [4.78, 5) is 14.0. The molecule has 0 saturated carbocycles. The lowest BCUT2D eigenvalue weighted by Crippen LogP contribution is -2.21. The summed E-state index contributed by atoms with van der Waals surface area (Å²) in [5.41, 5.74) is 4.64. The van der Waals surface area contributed by atoms with Crippen molar-refractivity contribution < 1.29 is 13.9 Å². The highest BCUT2D eigenvalue weighted by molar-refractivity contribution is 7.80. The molecule has 0 saturated heterocycles. The molecule has 0 bridgehead atoms. The number of hydrogen-bond acceptors (Lipinski definition) is 5. The number of fused-ring (bicyclic) bond motifs is 1. The van der Waals surface area contributed by atoms with Gasteiger partial charge in [0.05, 0.1) is 35.8 Å². The fourth-order valence-corrected chi connectivity index (χ4v) is 5.87. The number of anilines is 2. The summed E-state index contributed by atoms with van der Waals surface area (Å²) < 4.78 is 21.2. The van der Waals surface area contributed by atoms with E-state index in [1.807, 2.05) is 26.8 Å². The van der Waals surface area contributed by atoms with Crippen LogP contribution in [0.25, 0.3) is 0 Å². The number of ether oxygens (including phenoxy) is 1. The minimum atomic E-state index is -0.308. The minimum Gasteiger partial charge on any atom is -0.462 e. The lowest BCUT2D eigenvalue weighted by molar-refractivity contribution is 0.0527. The Morgan fingerprint density at radius 1 is 1.21 bits per heavy atom. The van der Waals surface area contributed by atoms with Crippen LogP contribution < -0.4 is 10.6 Å². The molecule has 9 heteroatoms. The average Bonchev–Trinajstić information content (AvgIpc) is 3.15. The topological polar surface area (TPSA) is 68.2 Å². The van der Waals surface area contributed by atoms with E-state index in [4.69, 9.17) is 17.0 Å². The highest BCUT2D eigenvalue weighted by Crippen LogP contribution is 2.38. The molecule has 2 N–H and O–H groups in total.